The van der Waals surface area contributed by atoms with E-state index in [0.717, 1.165) is 0 Å². The highest BCUT2D eigenvalue weighted by atomic mass is 16.9. The number of ether oxygens (including phenoxy) is 1. The summed E-state index contributed by atoms with van der Waals surface area (Å²) >= 11 is 0. The van der Waals surface area contributed by atoms with Crippen molar-refractivity contribution >= 4 is 0 Å². The molecule has 6 nitrogen and oxygen atoms in total. The second-order valence-corrected chi connectivity index (χ2v) is 6.20. The van der Waals surface area contributed by atoms with E-state index in [2.05, 4.69) is 5.48 Å². The molecule has 0 aromatic heterocycles. The number of hydrogen-bond acceptors (Lipinski definition) is 6. The molecule has 0 aromatic carbocycles. The standard InChI is InChI=1S/C12H27N2O4/c1-10(18-12(5,6)7)8-16-13-9-17-14(15)11(2,3)4/h10,13H,8-9H2,1-7H3/q-1. The molecule has 0 aliphatic rings. The van der Waals surface area contributed by atoms with Gasteiger partial charge in [-0.1, -0.05) is 0 Å². The van der Waals surface area contributed by atoms with Gasteiger partial charge in [-0.25, -0.2) is 0 Å². The summed E-state index contributed by atoms with van der Waals surface area (Å²) in [6.07, 6.45) is -0.0385. The lowest BCUT2D eigenvalue weighted by Gasteiger charge is -2.39. The van der Waals surface area contributed by atoms with E-state index >= 15 is 0 Å². The fourth-order valence-electron chi connectivity index (χ4n) is 1.13. The van der Waals surface area contributed by atoms with Crippen LogP contribution in [-0.4, -0.2) is 35.8 Å². The van der Waals surface area contributed by atoms with Gasteiger partial charge in [-0.3, -0.25) is 14.9 Å². The first-order valence-electron chi connectivity index (χ1n) is 6.15. The van der Waals surface area contributed by atoms with Crippen molar-refractivity contribution in [2.24, 2.45) is 0 Å². The number of nitrogens with zero attached hydrogens (tertiary/aromatic N) is 1. The molecule has 0 aliphatic carbocycles. The minimum Gasteiger partial charge on any atom is -0.762 e. The zero-order chi connectivity index (χ0) is 14.4. The fourth-order valence-corrected chi connectivity index (χ4v) is 1.13. The van der Waals surface area contributed by atoms with Crippen molar-refractivity contribution in [1.29, 1.82) is 0 Å². The Bertz CT molecular complexity index is 223. The van der Waals surface area contributed by atoms with Crippen molar-refractivity contribution in [2.75, 3.05) is 13.3 Å². The van der Waals surface area contributed by atoms with Gasteiger partial charge in [0.1, 0.15) is 6.73 Å². The van der Waals surface area contributed by atoms with Crippen molar-refractivity contribution in [3.63, 3.8) is 0 Å². The lowest BCUT2D eigenvalue weighted by atomic mass is 10.1. The third-order valence-corrected chi connectivity index (χ3v) is 1.76. The number of hydrogen-bond donors (Lipinski definition) is 1. The maximum absolute atomic E-state index is 11.3. The smallest absolute Gasteiger partial charge is 0.140 e. The van der Waals surface area contributed by atoms with Crippen LogP contribution in [0.1, 0.15) is 48.5 Å². The molecule has 1 N–H and O–H groups in total. The Morgan fingerprint density at radius 1 is 1.17 bits per heavy atom. The average molecular weight is 263 g/mol. The lowest BCUT2D eigenvalue weighted by molar-refractivity contribution is -0.207. The molecule has 110 valence electrons. The van der Waals surface area contributed by atoms with Crippen molar-refractivity contribution < 1.29 is 14.4 Å². The maximum atomic E-state index is 11.3. The van der Waals surface area contributed by atoms with Gasteiger partial charge in [-0.05, 0) is 48.5 Å². The zero-order valence-electron chi connectivity index (χ0n) is 12.6. The average Bonchev–Trinajstić information content (AvgIpc) is 2.12. The maximum Gasteiger partial charge on any atom is 0.140 e. The second kappa shape index (κ2) is 7.37. The molecule has 0 heterocycles. The normalized spacial score (nSPS) is 15.2. The topological polar surface area (TPSA) is 66.0 Å². The first-order chi connectivity index (χ1) is 8.02. The Kier molecular flexibility index (Phi) is 7.28. The van der Waals surface area contributed by atoms with Crippen molar-refractivity contribution in [3.8, 4) is 0 Å². The molecule has 1 unspecified atom stereocenters. The lowest BCUT2D eigenvalue weighted by Crippen LogP contribution is -2.39. The van der Waals surface area contributed by atoms with Gasteiger partial charge in [-0.2, -0.15) is 5.48 Å². The van der Waals surface area contributed by atoms with E-state index in [9.17, 15) is 5.21 Å². The van der Waals surface area contributed by atoms with Crippen molar-refractivity contribution in [1.82, 2.24) is 10.7 Å². The molecule has 0 fully saturated rings. The Morgan fingerprint density at radius 3 is 2.17 bits per heavy atom. The van der Waals surface area contributed by atoms with Crippen LogP contribution in [0, 0.1) is 5.21 Å². The third-order valence-electron chi connectivity index (χ3n) is 1.76. The van der Waals surface area contributed by atoms with Crippen LogP contribution in [0.2, 0.25) is 0 Å². The van der Waals surface area contributed by atoms with Gasteiger partial charge < -0.3 is 9.94 Å². The zero-order valence-corrected chi connectivity index (χ0v) is 12.6. The van der Waals surface area contributed by atoms with Gasteiger partial charge in [0.25, 0.3) is 0 Å². The minimum atomic E-state index is -0.579. The molecule has 1 atom stereocenters. The molecule has 0 spiro atoms. The van der Waals surface area contributed by atoms with Gasteiger partial charge in [0.2, 0.25) is 0 Å². The van der Waals surface area contributed by atoms with Gasteiger partial charge in [0.15, 0.2) is 0 Å². The van der Waals surface area contributed by atoms with Gasteiger partial charge in [0, 0.05) is 5.54 Å². The van der Waals surface area contributed by atoms with Crippen molar-refractivity contribution in [2.45, 2.75) is 65.7 Å². The number of nitrogens with one attached hydrogen (secondary N) is 1. The highest BCUT2D eigenvalue weighted by molar-refractivity contribution is 4.69. The van der Waals surface area contributed by atoms with Gasteiger partial charge >= 0.3 is 0 Å². The molecule has 0 radical (unpaired) electrons. The predicted octanol–water partition coefficient (Wildman–Crippen LogP) is 2.20. The molecule has 0 saturated heterocycles. The molecule has 0 rings (SSSR count). The van der Waals surface area contributed by atoms with E-state index < -0.39 is 5.54 Å². The summed E-state index contributed by atoms with van der Waals surface area (Å²) in [6.45, 7) is 13.6. The predicted molar refractivity (Wildman–Crippen MR) is 70.3 cm³/mol. The molecular weight excluding hydrogens is 236 g/mol. The van der Waals surface area contributed by atoms with Crippen LogP contribution in [0.5, 0.6) is 0 Å². The SMILES string of the molecule is CC(CONCON([O-])C(C)(C)C)OC(C)(C)C. The molecular formula is C12H27N2O4-. The first kappa shape index (κ1) is 17.8. The van der Waals surface area contributed by atoms with E-state index in [0.29, 0.717) is 11.8 Å². The monoisotopic (exact) mass is 263 g/mol. The number of hydroxylamine groups is 3. The van der Waals surface area contributed by atoms with Crippen LogP contribution >= 0.6 is 0 Å². The van der Waals surface area contributed by atoms with E-state index in [4.69, 9.17) is 14.4 Å². The van der Waals surface area contributed by atoms with Crippen LogP contribution < -0.4 is 5.48 Å². The summed E-state index contributed by atoms with van der Waals surface area (Å²) in [4.78, 5) is 10.0. The van der Waals surface area contributed by atoms with E-state index in [1.54, 1.807) is 20.8 Å². The Balaban J connectivity index is 3.57. The third kappa shape index (κ3) is 9.76. The summed E-state index contributed by atoms with van der Waals surface area (Å²) in [6, 6.07) is 0. The van der Waals surface area contributed by atoms with Gasteiger partial charge in [-0.15, -0.1) is 0 Å². The quantitative estimate of drug-likeness (QED) is 0.431. The van der Waals surface area contributed by atoms with Crippen LogP contribution in [0.3, 0.4) is 0 Å². The summed E-state index contributed by atoms with van der Waals surface area (Å²) in [5, 5.41) is 11.9. The molecule has 0 amide bonds. The highest BCUT2D eigenvalue weighted by Crippen LogP contribution is 2.11. The minimum absolute atomic E-state index is 0.00298. The fraction of sp³-hybridized carbons (Fsp3) is 1.00. The second-order valence-electron chi connectivity index (χ2n) is 6.20. The van der Waals surface area contributed by atoms with Crippen LogP contribution in [0.25, 0.3) is 0 Å². The van der Waals surface area contributed by atoms with Crippen molar-refractivity contribution in [3.05, 3.63) is 5.21 Å². The van der Waals surface area contributed by atoms with E-state index in [-0.39, 0.29) is 18.4 Å². The van der Waals surface area contributed by atoms with Crippen LogP contribution in [0.15, 0.2) is 0 Å². The van der Waals surface area contributed by atoms with Crippen LogP contribution in [-0.2, 0) is 14.4 Å². The first-order valence-corrected chi connectivity index (χ1v) is 6.15. The molecule has 0 aromatic rings. The Morgan fingerprint density at radius 2 is 1.72 bits per heavy atom. The summed E-state index contributed by atoms with van der Waals surface area (Å²) in [7, 11) is 0. The molecule has 18 heavy (non-hydrogen) atoms. The summed E-state index contributed by atoms with van der Waals surface area (Å²) < 4.78 is 5.64. The highest BCUT2D eigenvalue weighted by Gasteiger charge is 2.15. The molecule has 0 saturated carbocycles. The Hall–Kier alpha value is -0.240. The van der Waals surface area contributed by atoms with E-state index in [1.807, 2.05) is 27.7 Å². The largest absolute Gasteiger partial charge is 0.762 e. The summed E-state index contributed by atoms with van der Waals surface area (Å²) in [5.41, 5.74) is 1.79. The molecule has 0 bridgehead atoms. The van der Waals surface area contributed by atoms with Gasteiger partial charge in [0.05, 0.1) is 18.3 Å². The number of rotatable bonds is 7. The molecule has 6 heteroatoms. The Labute approximate surface area is 110 Å². The summed E-state index contributed by atoms with van der Waals surface area (Å²) in [5.74, 6) is 0. The molecule has 0 aliphatic heterocycles. The van der Waals surface area contributed by atoms with E-state index in [1.165, 1.54) is 0 Å². The van der Waals surface area contributed by atoms with Crippen LogP contribution in [0.4, 0.5) is 0 Å².